The van der Waals surface area contributed by atoms with E-state index in [-0.39, 0.29) is 18.9 Å². The van der Waals surface area contributed by atoms with Gasteiger partial charge < -0.3 is 9.47 Å². The van der Waals surface area contributed by atoms with E-state index in [4.69, 9.17) is 0 Å². The van der Waals surface area contributed by atoms with Crippen molar-refractivity contribution in [3.8, 4) is 0 Å². The molecular weight excluding hydrogens is 313 g/mol. The van der Waals surface area contributed by atoms with Gasteiger partial charge in [0.1, 0.15) is 12.1 Å². The SMILES string of the molecule is Cn1ncc2c(N3CCn4c(nnc4C(F)(F)F)C3)ncnc21. The van der Waals surface area contributed by atoms with Crippen LogP contribution in [0.5, 0.6) is 0 Å². The topological polar surface area (TPSA) is 77.5 Å². The normalized spacial score (nSPS) is 15.2. The average Bonchev–Trinajstić information content (AvgIpc) is 3.10. The summed E-state index contributed by atoms with van der Waals surface area (Å²) in [4.78, 5) is 10.3. The largest absolute Gasteiger partial charge is 0.451 e. The molecule has 0 fully saturated rings. The summed E-state index contributed by atoms with van der Waals surface area (Å²) in [7, 11) is 1.77. The Bertz CT molecular complexity index is 880. The fraction of sp³-hybridized carbons (Fsp3) is 0.417. The van der Waals surface area contributed by atoms with Crippen LogP contribution in [-0.4, -0.2) is 41.1 Å². The van der Waals surface area contributed by atoms with Crippen LogP contribution in [0.3, 0.4) is 0 Å². The standard InChI is InChI=1S/C12H11F3N8/c1-21-9-7(4-18-21)10(17-6-16-9)22-2-3-23-8(5-22)19-20-11(23)12(13,14)15/h4,6H,2-3,5H2,1H3. The first-order valence-corrected chi connectivity index (χ1v) is 6.82. The molecule has 0 aliphatic carbocycles. The van der Waals surface area contributed by atoms with E-state index in [1.807, 2.05) is 4.90 Å². The van der Waals surface area contributed by atoms with E-state index in [0.717, 1.165) is 9.95 Å². The summed E-state index contributed by atoms with van der Waals surface area (Å²) in [6.45, 7) is 0.710. The summed E-state index contributed by atoms with van der Waals surface area (Å²) in [6.07, 6.45) is -1.44. The molecule has 1 aliphatic rings. The van der Waals surface area contributed by atoms with Crippen LogP contribution in [0.1, 0.15) is 11.6 Å². The van der Waals surface area contributed by atoms with Crippen molar-refractivity contribution in [1.82, 2.24) is 34.5 Å². The van der Waals surface area contributed by atoms with Crippen molar-refractivity contribution in [1.29, 1.82) is 0 Å². The van der Waals surface area contributed by atoms with Gasteiger partial charge in [0.15, 0.2) is 11.5 Å². The van der Waals surface area contributed by atoms with Crippen molar-refractivity contribution in [2.24, 2.45) is 7.05 Å². The van der Waals surface area contributed by atoms with Gasteiger partial charge in [-0.25, -0.2) is 9.97 Å². The first-order chi connectivity index (χ1) is 10.9. The number of nitrogens with zero attached hydrogens (tertiary/aromatic N) is 8. The maximum Gasteiger partial charge on any atom is 0.451 e. The third-order valence-electron chi connectivity index (χ3n) is 3.81. The second-order valence-corrected chi connectivity index (χ2v) is 5.21. The molecule has 0 N–H and O–H groups in total. The number of fused-ring (bicyclic) bond motifs is 2. The molecule has 4 heterocycles. The van der Waals surface area contributed by atoms with E-state index in [1.54, 1.807) is 17.9 Å². The van der Waals surface area contributed by atoms with Crippen LogP contribution in [0.15, 0.2) is 12.5 Å². The average molecular weight is 324 g/mol. The minimum atomic E-state index is -4.50. The van der Waals surface area contributed by atoms with E-state index in [9.17, 15) is 13.2 Å². The fourth-order valence-electron chi connectivity index (χ4n) is 2.75. The zero-order valence-electron chi connectivity index (χ0n) is 12.0. The van der Waals surface area contributed by atoms with Crippen molar-refractivity contribution in [2.45, 2.75) is 19.3 Å². The van der Waals surface area contributed by atoms with Crippen LogP contribution < -0.4 is 4.90 Å². The van der Waals surface area contributed by atoms with E-state index in [1.165, 1.54) is 6.33 Å². The van der Waals surface area contributed by atoms with Gasteiger partial charge in [-0.05, 0) is 0 Å². The van der Waals surface area contributed by atoms with Gasteiger partial charge >= 0.3 is 6.18 Å². The monoisotopic (exact) mass is 324 g/mol. The predicted molar refractivity (Wildman–Crippen MR) is 72.4 cm³/mol. The Hall–Kier alpha value is -2.72. The first kappa shape index (κ1) is 13.9. The number of hydrogen-bond donors (Lipinski definition) is 0. The number of hydrogen-bond acceptors (Lipinski definition) is 6. The molecule has 23 heavy (non-hydrogen) atoms. The highest BCUT2D eigenvalue weighted by molar-refractivity contribution is 5.86. The Morgan fingerprint density at radius 2 is 1.96 bits per heavy atom. The smallest absolute Gasteiger partial charge is 0.347 e. The summed E-state index contributed by atoms with van der Waals surface area (Å²) in [5.41, 5.74) is 0.665. The molecule has 1 aliphatic heterocycles. The zero-order valence-corrected chi connectivity index (χ0v) is 12.0. The van der Waals surface area contributed by atoms with E-state index >= 15 is 0 Å². The number of aromatic nitrogens is 7. The lowest BCUT2D eigenvalue weighted by atomic mass is 10.3. The van der Waals surface area contributed by atoms with Gasteiger partial charge in [0.25, 0.3) is 0 Å². The molecule has 0 unspecified atom stereocenters. The Labute approximate surface area is 127 Å². The maximum atomic E-state index is 12.9. The fourth-order valence-corrected chi connectivity index (χ4v) is 2.75. The third kappa shape index (κ3) is 2.11. The molecule has 3 aromatic rings. The van der Waals surface area contributed by atoms with Crippen LogP contribution in [-0.2, 0) is 26.3 Å². The molecule has 0 amide bonds. The highest BCUT2D eigenvalue weighted by Crippen LogP contribution is 2.31. The highest BCUT2D eigenvalue weighted by atomic mass is 19.4. The Kier molecular flexibility index (Phi) is 2.80. The van der Waals surface area contributed by atoms with Gasteiger partial charge in [0, 0.05) is 20.1 Å². The molecule has 3 aromatic heterocycles. The van der Waals surface area contributed by atoms with Crippen molar-refractivity contribution in [3.63, 3.8) is 0 Å². The van der Waals surface area contributed by atoms with Crippen molar-refractivity contribution in [2.75, 3.05) is 11.4 Å². The van der Waals surface area contributed by atoms with E-state index in [2.05, 4.69) is 25.3 Å². The predicted octanol–water partition coefficient (Wildman–Crippen LogP) is 0.994. The molecule has 0 atom stereocenters. The molecule has 0 radical (unpaired) electrons. The third-order valence-corrected chi connectivity index (χ3v) is 3.81. The molecule has 0 saturated carbocycles. The van der Waals surface area contributed by atoms with E-state index < -0.39 is 12.0 Å². The highest BCUT2D eigenvalue weighted by Gasteiger charge is 2.39. The second-order valence-electron chi connectivity index (χ2n) is 5.21. The lowest BCUT2D eigenvalue weighted by Crippen LogP contribution is -2.35. The Balaban J connectivity index is 1.72. The summed E-state index contributed by atoms with van der Waals surface area (Å²) >= 11 is 0. The molecular formula is C12H11F3N8. The van der Waals surface area contributed by atoms with Crippen LogP contribution in [0.2, 0.25) is 0 Å². The van der Waals surface area contributed by atoms with Gasteiger partial charge in [0.05, 0.1) is 18.1 Å². The van der Waals surface area contributed by atoms with E-state index in [0.29, 0.717) is 18.0 Å². The molecule has 4 rings (SSSR count). The molecule has 0 bridgehead atoms. The van der Waals surface area contributed by atoms with Crippen molar-refractivity contribution < 1.29 is 13.2 Å². The van der Waals surface area contributed by atoms with Gasteiger partial charge in [-0.3, -0.25) is 4.68 Å². The minimum absolute atomic E-state index is 0.142. The zero-order chi connectivity index (χ0) is 16.2. The quantitative estimate of drug-likeness (QED) is 0.664. The molecule has 0 saturated heterocycles. The Morgan fingerprint density at radius 3 is 2.74 bits per heavy atom. The van der Waals surface area contributed by atoms with Gasteiger partial charge in [-0.2, -0.15) is 18.3 Å². The van der Waals surface area contributed by atoms with Crippen LogP contribution in [0, 0.1) is 0 Å². The van der Waals surface area contributed by atoms with Gasteiger partial charge in [0.2, 0.25) is 5.82 Å². The summed E-state index contributed by atoms with van der Waals surface area (Å²) in [5.74, 6) is -0.0634. The first-order valence-electron chi connectivity index (χ1n) is 6.82. The van der Waals surface area contributed by atoms with Crippen LogP contribution in [0.4, 0.5) is 19.0 Å². The number of rotatable bonds is 1. The number of halogens is 3. The molecule has 0 aromatic carbocycles. The minimum Gasteiger partial charge on any atom is -0.347 e. The molecule has 120 valence electrons. The lowest BCUT2D eigenvalue weighted by molar-refractivity contribution is -0.147. The number of anilines is 1. The Morgan fingerprint density at radius 1 is 1.13 bits per heavy atom. The number of aryl methyl sites for hydroxylation is 1. The molecule has 11 heteroatoms. The van der Waals surface area contributed by atoms with Crippen molar-refractivity contribution in [3.05, 3.63) is 24.2 Å². The maximum absolute atomic E-state index is 12.9. The summed E-state index contributed by atoms with van der Waals surface area (Å²) in [5, 5.41) is 11.8. The van der Waals surface area contributed by atoms with Crippen LogP contribution in [0.25, 0.3) is 11.0 Å². The summed E-state index contributed by atoms with van der Waals surface area (Å²) < 4.78 is 41.3. The van der Waals surface area contributed by atoms with Crippen molar-refractivity contribution >= 4 is 16.9 Å². The van der Waals surface area contributed by atoms with Gasteiger partial charge in [-0.1, -0.05) is 0 Å². The lowest BCUT2D eigenvalue weighted by Gasteiger charge is -2.29. The second kappa shape index (κ2) is 4.64. The summed E-state index contributed by atoms with van der Waals surface area (Å²) in [6, 6.07) is 0. The molecule has 8 nitrogen and oxygen atoms in total. The number of alkyl halides is 3. The molecule has 0 spiro atoms. The van der Waals surface area contributed by atoms with Crippen LogP contribution >= 0.6 is 0 Å². The van der Waals surface area contributed by atoms with Gasteiger partial charge in [-0.15, -0.1) is 10.2 Å².